The summed E-state index contributed by atoms with van der Waals surface area (Å²) in [6.45, 7) is 2.66. The molecule has 0 aliphatic heterocycles. The summed E-state index contributed by atoms with van der Waals surface area (Å²) in [6, 6.07) is 9.31. The van der Waals surface area contributed by atoms with Gasteiger partial charge in [-0.3, -0.25) is 0 Å². The Kier molecular flexibility index (Phi) is 4.21. The van der Waals surface area contributed by atoms with Crippen LogP contribution in [0.3, 0.4) is 0 Å². The van der Waals surface area contributed by atoms with Crippen molar-refractivity contribution in [2.45, 2.75) is 17.1 Å². The van der Waals surface area contributed by atoms with Gasteiger partial charge in [0.2, 0.25) is 3.79 Å². The van der Waals surface area contributed by atoms with Crippen molar-refractivity contribution < 1.29 is 4.74 Å². The number of halogens is 3. The van der Waals surface area contributed by atoms with Gasteiger partial charge >= 0.3 is 0 Å². The van der Waals surface area contributed by atoms with E-state index in [2.05, 4.69) is 4.98 Å². The highest BCUT2D eigenvalue weighted by Gasteiger charge is 2.26. The fourth-order valence-corrected chi connectivity index (χ4v) is 1.91. The van der Waals surface area contributed by atoms with Crippen LogP contribution in [0.1, 0.15) is 19.0 Å². The topological polar surface area (TPSA) is 22.1 Å². The lowest BCUT2D eigenvalue weighted by atomic mass is 10.2. The summed E-state index contributed by atoms with van der Waals surface area (Å²) < 4.78 is 4.14. The van der Waals surface area contributed by atoms with E-state index in [0.29, 0.717) is 18.1 Å². The Morgan fingerprint density at radius 1 is 1.22 bits per heavy atom. The lowest BCUT2D eigenvalue weighted by Crippen LogP contribution is -2.06. The zero-order valence-electron chi connectivity index (χ0n) is 9.79. The Hall–Kier alpha value is -0.700. The van der Waals surface area contributed by atoms with Gasteiger partial charge in [0.15, 0.2) is 0 Å². The van der Waals surface area contributed by atoms with Crippen LogP contribution >= 0.6 is 34.8 Å². The molecule has 1 heterocycles. The first-order valence-electron chi connectivity index (χ1n) is 5.62. The summed E-state index contributed by atoms with van der Waals surface area (Å²) in [7, 11) is 0. The van der Waals surface area contributed by atoms with Gasteiger partial charge in [-0.2, -0.15) is 0 Å². The predicted molar refractivity (Wildman–Crippen MR) is 76.8 cm³/mol. The van der Waals surface area contributed by atoms with Crippen molar-refractivity contribution in [2.24, 2.45) is 0 Å². The molecule has 0 aliphatic rings. The summed E-state index contributed by atoms with van der Waals surface area (Å²) in [5.41, 5.74) is 1.13. The van der Waals surface area contributed by atoms with Crippen LogP contribution < -0.4 is 4.74 Å². The van der Waals surface area contributed by atoms with Crippen molar-refractivity contribution in [3.05, 3.63) is 36.0 Å². The van der Waals surface area contributed by atoms with Crippen LogP contribution in [0.25, 0.3) is 10.9 Å². The molecular formula is C13H12Cl3NO. The van der Waals surface area contributed by atoms with Gasteiger partial charge in [0.05, 0.1) is 17.8 Å². The van der Waals surface area contributed by atoms with Crippen molar-refractivity contribution in [3.63, 3.8) is 0 Å². The Balaban J connectivity index is 2.57. The van der Waals surface area contributed by atoms with Crippen molar-refractivity contribution >= 4 is 45.7 Å². The maximum atomic E-state index is 5.88. The zero-order valence-corrected chi connectivity index (χ0v) is 12.1. The van der Waals surface area contributed by atoms with Crippen LogP contribution in [0.2, 0.25) is 0 Å². The lowest BCUT2D eigenvalue weighted by Gasteiger charge is -2.14. The predicted octanol–water partition coefficient (Wildman–Crippen LogP) is 4.85. The molecule has 2 rings (SSSR count). The van der Waals surface area contributed by atoms with Gasteiger partial charge in [-0.25, -0.2) is 4.98 Å². The van der Waals surface area contributed by atoms with E-state index < -0.39 is 3.79 Å². The minimum atomic E-state index is -1.55. The number of fused-ring (bicyclic) bond motifs is 1. The van der Waals surface area contributed by atoms with Gasteiger partial charge in [-0.05, 0) is 18.6 Å². The molecule has 0 spiro atoms. The molecule has 0 saturated heterocycles. The molecule has 2 nitrogen and oxygen atoms in total. The molecule has 0 bridgehead atoms. The second-order valence-electron chi connectivity index (χ2n) is 3.87. The number of para-hydroxylation sites is 1. The first-order valence-corrected chi connectivity index (χ1v) is 6.75. The number of rotatable bonds is 3. The molecule has 1 aromatic heterocycles. The summed E-state index contributed by atoms with van der Waals surface area (Å²) in [6.07, 6.45) is 0.916. The van der Waals surface area contributed by atoms with Crippen LogP contribution in [0.15, 0.2) is 30.3 Å². The third-order valence-electron chi connectivity index (χ3n) is 2.43. The second kappa shape index (κ2) is 5.52. The highest BCUT2D eigenvalue weighted by Crippen LogP contribution is 2.40. The molecule has 0 saturated carbocycles. The summed E-state index contributed by atoms with van der Waals surface area (Å²) in [5, 5.41) is 0.920. The van der Waals surface area contributed by atoms with Crippen molar-refractivity contribution in [1.82, 2.24) is 4.98 Å². The van der Waals surface area contributed by atoms with Crippen LogP contribution in [0.5, 0.6) is 5.75 Å². The third-order valence-corrected chi connectivity index (χ3v) is 3.01. The molecule has 5 heteroatoms. The highest BCUT2D eigenvalue weighted by molar-refractivity contribution is 6.66. The van der Waals surface area contributed by atoms with Gasteiger partial charge < -0.3 is 4.74 Å². The van der Waals surface area contributed by atoms with Crippen LogP contribution in [0, 0.1) is 0 Å². The van der Waals surface area contributed by atoms with E-state index in [1.807, 2.05) is 31.2 Å². The van der Waals surface area contributed by atoms with Crippen molar-refractivity contribution in [1.29, 1.82) is 0 Å². The molecule has 1 aromatic carbocycles. The number of hydrogen-bond donors (Lipinski definition) is 0. The van der Waals surface area contributed by atoms with E-state index >= 15 is 0 Å². The fourth-order valence-electron chi connectivity index (χ4n) is 1.62. The van der Waals surface area contributed by atoms with Gasteiger partial charge in [0.25, 0.3) is 0 Å². The van der Waals surface area contributed by atoms with Crippen LogP contribution in [0.4, 0.5) is 0 Å². The average molecular weight is 305 g/mol. The Labute approximate surface area is 121 Å². The summed E-state index contributed by atoms with van der Waals surface area (Å²) >= 11 is 17.6. The maximum absolute atomic E-state index is 5.88. The summed E-state index contributed by atoms with van der Waals surface area (Å²) in [5.74, 6) is 0.698. The molecule has 0 atom stereocenters. The molecule has 0 unspecified atom stereocenters. The van der Waals surface area contributed by atoms with Crippen LogP contribution in [-0.2, 0) is 3.79 Å². The molecular weight excluding hydrogens is 293 g/mol. The Bertz CT molecular complexity index is 551. The van der Waals surface area contributed by atoms with Gasteiger partial charge in [0.1, 0.15) is 5.75 Å². The fraction of sp³-hybridized carbons (Fsp3) is 0.308. The summed E-state index contributed by atoms with van der Waals surface area (Å²) in [4.78, 5) is 4.34. The van der Waals surface area contributed by atoms with Crippen LogP contribution in [-0.4, -0.2) is 11.6 Å². The third kappa shape index (κ3) is 3.00. The van der Waals surface area contributed by atoms with E-state index in [9.17, 15) is 0 Å². The molecule has 2 aromatic rings. The minimum Gasteiger partial charge on any atom is -0.493 e. The first-order chi connectivity index (χ1) is 8.52. The monoisotopic (exact) mass is 303 g/mol. The number of aromatic nitrogens is 1. The second-order valence-corrected chi connectivity index (χ2v) is 6.15. The van der Waals surface area contributed by atoms with E-state index in [0.717, 1.165) is 17.3 Å². The average Bonchev–Trinajstić information content (AvgIpc) is 2.34. The first kappa shape index (κ1) is 13.7. The van der Waals surface area contributed by atoms with E-state index in [1.54, 1.807) is 6.07 Å². The van der Waals surface area contributed by atoms with Gasteiger partial charge in [0, 0.05) is 11.5 Å². The number of ether oxygens (including phenoxy) is 1. The van der Waals surface area contributed by atoms with Gasteiger partial charge in [-0.1, -0.05) is 53.9 Å². The van der Waals surface area contributed by atoms with E-state index in [1.165, 1.54) is 0 Å². The normalized spacial score (nSPS) is 11.8. The molecule has 96 valence electrons. The molecule has 0 N–H and O–H groups in total. The molecule has 0 fully saturated rings. The van der Waals surface area contributed by atoms with Gasteiger partial charge in [-0.15, -0.1) is 0 Å². The molecule has 18 heavy (non-hydrogen) atoms. The molecule has 0 amide bonds. The highest BCUT2D eigenvalue weighted by atomic mass is 35.6. The van der Waals surface area contributed by atoms with E-state index in [-0.39, 0.29) is 0 Å². The number of nitrogens with zero attached hydrogens (tertiary/aromatic N) is 1. The minimum absolute atomic E-state index is 0.373. The number of benzene rings is 1. The Morgan fingerprint density at radius 2 is 1.94 bits per heavy atom. The van der Waals surface area contributed by atoms with Crippen molar-refractivity contribution in [3.8, 4) is 5.75 Å². The number of alkyl halides is 3. The molecule has 0 aliphatic carbocycles. The number of hydrogen-bond acceptors (Lipinski definition) is 2. The number of pyridine rings is 1. The largest absolute Gasteiger partial charge is 0.493 e. The molecule has 0 radical (unpaired) electrons. The van der Waals surface area contributed by atoms with E-state index in [4.69, 9.17) is 39.5 Å². The smallest absolute Gasteiger partial charge is 0.232 e. The zero-order chi connectivity index (χ0) is 13.2. The Morgan fingerprint density at radius 3 is 2.61 bits per heavy atom. The standard InChI is InChI=1S/C13H12Cl3NO/c1-2-7-18-11-8-12(13(14,15)16)17-10-6-4-3-5-9(10)11/h3-6,8H,2,7H2,1H3. The quantitative estimate of drug-likeness (QED) is 0.756. The lowest BCUT2D eigenvalue weighted by molar-refractivity contribution is 0.320. The maximum Gasteiger partial charge on any atom is 0.232 e. The van der Waals surface area contributed by atoms with Crippen molar-refractivity contribution in [2.75, 3.05) is 6.61 Å². The SMILES string of the molecule is CCCOc1cc(C(Cl)(Cl)Cl)nc2ccccc12.